The average Bonchev–Trinajstić information content (AvgIpc) is 2.93. The van der Waals surface area contributed by atoms with Gasteiger partial charge < -0.3 is 19.1 Å². The monoisotopic (exact) mass is 317 g/mol. The molecule has 0 amide bonds. The summed E-state index contributed by atoms with van der Waals surface area (Å²) in [7, 11) is 2.54. The molecule has 1 heterocycles. The van der Waals surface area contributed by atoms with Crippen molar-refractivity contribution in [1.29, 1.82) is 0 Å². The molecule has 1 unspecified atom stereocenters. The van der Waals surface area contributed by atoms with Crippen LogP contribution in [0.4, 0.5) is 0 Å². The van der Waals surface area contributed by atoms with E-state index >= 15 is 0 Å². The lowest BCUT2D eigenvalue weighted by Gasteiger charge is -2.21. The van der Waals surface area contributed by atoms with Gasteiger partial charge in [0.1, 0.15) is 5.69 Å². The zero-order chi connectivity index (χ0) is 17.0. The molecule has 1 aromatic heterocycles. The summed E-state index contributed by atoms with van der Waals surface area (Å²) in [5.74, 6) is -1.13. The Labute approximate surface area is 134 Å². The molecule has 0 bridgehead atoms. The van der Waals surface area contributed by atoms with Crippen molar-refractivity contribution < 1.29 is 24.2 Å². The first-order valence-corrected chi connectivity index (χ1v) is 7.09. The van der Waals surface area contributed by atoms with Gasteiger partial charge in [0.2, 0.25) is 0 Å². The standard InChI is InChI=1S/C17H19NO5/c1-11-13(16(20)22-2)9-14(17(21)23-3)18(11)15(10-19)12-7-5-4-6-8-12/h4-9,15,19H,10H2,1-3H3. The lowest BCUT2D eigenvalue weighted by molar-refractivity contribution is 0.0582. The average molecular weight is 317 g/mol. The van der Waals surface area contributed by atoms with Crippen molar-refractivity contribution in [1.82, 2.24) is 4.57 Å². The number of rotatable bonds is 5. The molecule has 0 aliphatic rings. The van der Waals surface area contributed by atoms with Crippen LogP contribution >= 0.6 is 0 Å². The summed E-state index contributed by atoms with van der Waals surface area (Å²) in [4.78, 5) is 24.0. The number of nitrogens with zero attached hydrogens (tertiary/aromatic N) is 1. The number of hydrogen-bond acceptors (Lipinski definition) is 5. The molecular weight excluding hydrogens is 298 g/mol. The van der Waals surface area contributed by atoms with Crippen LogP contribution in [0.2, 0.25) is 0 Å². The third-order valence-electron chi connectivity index (χ3n) is 3.76. The quantitative estimate of drug-likeness (QED) is 0.853. The molecule has 1 aromatic carbocycles. The first-order chi connectivity index (χ1) is 11.0. The van der Waals surface area contributed by atoms with Crippen molar-refractivity contribution in [3.8, 4) is 0 Å². The highest BCUT2D eigenvalue weighted by atomic mass is 16.5. The van der Waals surface area contributed by atoms with Crippen molar-refractivity contribution in [2.75, 3.05) is 20.8 Å². The van der Waals surface area contributed by atoms with E-state index in [1.54, 1.807) is 11.5 Å². The molecule has 6 heteroatoms. The zero-order valence-corrected chi connectivity index (χ0v) is 13.3. The van der Waals surface area contributed by atoms with E-state index in [0.29, 0.717) is 5.69 Å². The maximum atomic E-state index is 12.1. The lowest BCUT2D eigenvalue weighted by atomic mass is 10.1. The molecule has 2 aromatic rings. The van der Waals surface area contributed by atoms with Gasteiger partial charge in [0.25, 0.3) is 0 Å². The smallest absolute Gasteiger partial charge is 0.354 e. The highest BCUT2D eigenvalue weighted by Gasteiger charge is 2.27. The Morgan fingerprint density at radius 2 is 1.74 bits per heavy atom. The Morgan fingerprint density at radius 1 is 1.13 bits per heavy atom. The molecular formula is C17H19NO5. The number of hydrogen-bond donors (Lipinski definition) is 1. The van der Waals surface area contributed by atoms with Gasteiger partial charge in [0.05, 0.1) is 32.4 Å². The van der Waals surface area contributed by atoms with Gasteiger partial charge in [-0.1, -0.05) is 30.3 Å². The van der Waals surface area contributed by atoms with Gasteiger partial charge in [0, 0.05) is 5.69 Å². The maximum absolute atomic E-state index is 12.1. The molecule has 6 nitrogen and oxygen atoms in total. The van der Waals surface area contributed by atoms with E-state index in [0.717, 1.165) is 5.56 Å². The molecule has 0 radical (unpaired) electrons. The maximum Gasteiger partial charge on any atom is 0.354 e. The predicted octanol–water partition coefficient (Wildman–Crippen LogP) is 1.95. The van der Waals surface area contributed by atoms with E-state index in [1.165, 1.54) is 20.3 Å². The Balaban J connectivity index is 2.65. The Hall–Kier alpha value is -2.60. The minimum absolute atomic E-state index is 0.188. The Bertz CT molecular complexity index is 705. The number of esters is 2. The molecule has 0 aliphatic heterocycles. The normalized spacial score (nSPS) is 11.8. The number of carbonyl (C=O) groups excluding carboxylic acids is 2. The zero-order valence-electron chi connectivity index (χ0n) is 13.3. The van der Waals surface area contributed by atoms with Crippen LogP contribution in [0.25, 0.3) is 0 Å². The fraction of sp³-hybridized carbons (Fsp3) is 0.294. The van der Waals surface area contributed by atoms with Crippen LogP contribution in [-0.2, 0) is 9.47 Å². The molecule has 0 fully saturated rings. The van der Waals surface area contributed by atoms with Gasteiger partial charge in [-0.3, -0.25) is 0 Å². The Morgan fingerprint density at radius 3 is 2.26 bits per heavy atom. The number of aliphatic hydroxyl groups excluding tert-OH is 1. The van der Waals surface area contributed by atoms with Crippen LogP contribution in [0.1, 0.15) is 38.1 Å². The predicted molar refractivity (Wildman–Crippen MR) is 83.5 cm³/mol. The number of aliphatic hydroxyl groups is 1. The van der Waals surface area contributed by atoms with E-state index in [2.05, 4.69) is 0 Å². The van der Waals surface area contributed by atoms with Crippen molar-refractivity contribution >= 4 is 11.9 Å². The van der Waals surface area contributed by atoms with Gasteiger partial charge in [-0.05, 0) is 18.6 Å². The highest BCUT2D eigenvalue weighted by molar-refractivity contribution is 5.96. The molecule has 0 saturated carbocycles. The number of carbonyl (C=O) groups is 2. The van der Waals surface area contributed by atoms with Crippen LogP contribution in [-0.4, -0.2) is 42.4 Å². The summed E-state index contributed by atoms with van der Waals surface area (Å²) in [6.07, 6.45) is 0. The van der Waals surface area contributed by atoms with Crippen molar-refractivity contribution in [2.45, 2.75) is 13.0 Å². The summed E-state index contributed by atoms with van der Waals surface area (Å²) in [6, 6.07) is 10.2. The highest BCUT2D eigenvalue weighted by Crippen LogP contribution is 2.27. The van der Waals surface area contributed by atoms with Gasteiger partial charge in [-0.15, -0.1) is 0 Å². The van der Waals surface area contributed by atoms with Crippen molar-refractivity contribution in [3.63, 3.8) is 0 Å². The minimum Gasteiger partial charge on any atom is -0.465 e. The summed E-state index contributed by atoms with van der Waals surface area (Å²) in [5, 5.41) is 9.85. The molecule has 2 rings (SSSR count). The first-order valence-electron chi connectivity index (χ1n) is 7.09. The molecule has 1 N–H and O–H groups in total. The summed E-state index contributed by atoms with van der Waals surface area (Å²) < 4.78 is 11.2. The van der Waals surface area contributed by atoms with E-state index < -0.39 is 18.0 Å². The largest absolute Gasteiger partial charge is 0.465 e. The Kier molecular flexibility index (Phi) is 5.18. The SMILES string of the molecule is COC(=O)c1cc(C(=O)OC)n(C(CO)c2ccccc2)c1C. The summed E-state index contributed by atoms with van der Waals surface area (Å²) in [6.45, 7) is 1.47. The third-order valence-corrected chi connectivity index (χ3v) is 3.76. The van der Waals surface area contributed by atoms with E-state index in [9.17, 15) is 14.7 Å². The molecule has 122 valence electrons. The van der Waals surface area contributed by atoms with Crippen molar-refractivity contribution in [3.05, 3.63) is 58.9 Å². The van der Waals surface area contributed by atoms with Gasteiger partial charge >= 0.3 is 11.9 Å². The fourth-order valence-electron chi connectivity index (χ4n) is 2.61. The summed E-state index contributed by atoms with van der Waals surface area (Å²) in [5.41, 5.74) is 1.80. The molecule has 0 saturated heterocycles. The second kappa shape index (κ2) is 7.11. The van der Waals surface area contributed by atoms with Gasteiger partial charge in [0.15, 0.2) is 0 Å². The number of methoxy groups -OCH3 is 2. The molecule has 0 spiro atoms. The molecule has 0 aliphatic carbocycles. The number of ether oxygens (including phenoxy) is 2. The van der Waals surface area contributed by atoms with Crippen LogP contribution < -0.4 is 0 Å². The summed E-state index contributed by atoms with van der Waals surface area (Å²) >= 11 is 0. The second-order valence-electron chi connectivity index (χ2n) is 4.99. The van der Waals surface area contributed by atoms with E-state index in [4.69, 9.17) is 9.47 Å². The van der Waals surface area contributed by atoms with E-state index in [-0.39, 0.29) is 17.9 Å². The van der Waals surface area contributed by atoms with Crippen LogP contribution in [0.15, 0.2) is 36.4 Å². The van der Waals surface area contributed by atoms with Crippen LogP contribution in [0.5, 0.6) is 0 Å². The fourth-order valence-corrected chi connectivity index (χ4v) is 2.61. The van der Waals surface area contributed by atoms with Crippen LogP contribution in [0, 0.1) is 6.92 Å². The van der Waals surface area contributed by atoms with Gasteiger partial charge in [-0.2, -0.15) is 0 Å². The minimum atomic E-state index is -0.586. The van der Waals surface area contributed by atoms with Crippen LogP contribution in [0.3, 0.4) is 0 Å². The molecule has 1 atom stereocenters. The second-order valence-corrected chi connectivity index (χ2v) is 4.99. The topological polar surface area (TPSA) is 77.8 Å². The third kappa shape index (κ3) is 3.12. The molecule has 23 heavy (non-hydrogen) atoms. The number of aromatic nitrogens is 1. The first kappa shape index (κ1) is 16.8. The van der Waals surface area contributed by atoms with Crippen molar-refractivity contribution in [2.24, 2.45) is 0 Å². The van der Waals surface area contributed by atoms with E-state index in [1.807, 2.05) is 30.3 Å². The lowest BCUT2D eigenvalue weighted by Crippen LogP contribution is -2.21. The van der Waals surface area contributed by atoms with Gasteiger partial charge in [-0.25, -0.2) is 9.59 Å². The number of benzene rings is 1.